The smallest absolute Gasteiger partial charge is 0.191 e. The highest BCUT2D eigenvalue weighted by molar-refractivity contribution is 7.99. The monoisotopic (exact) mass is 250 g/mol. The summed E-state index contributed by atoms with van der Waals surface area (Å²) in [4.78, 5) is 0. The molecule has 14 heavy (non-hydrogen) atoms. The highest BCUT2D eigenvalue weighted by atomic mass is 31.2. The van der Waals surface area contributed by atoms with Crippen LogP contribution in [0.5, 0.6) is 0 Å². The van der Waals surface area contributed by atoms with Gasteiger partial charge in [-0.2, -0.15) is 22.0 Å². The Labute approximate surface area is 81.4 Å². The molecule has 1 atom stereocenters. The van der Waals surface area contributed by atoms with Gasteiger partial charge in [0.25, 0.3) is 0 Å². The van der Waals surface area contributed by atoms with Crippen LogP contribution >= 0.6 is 16.1 Å². The molecule has 0 nitrogen and oxygen atoms in total. The Balaban J connectivity index is 3.04. The lowest BCUT2D eigenvalue weighted by molar-refractivity contribution is -0.0450. The number of alkyl halides is 5. The topological polar surface area (TPSA) is 0 Å². The van der Waals surface area contributed by atoms with Gasteiger partial charge in [0.15, 0.2) is 0 Å². The molecule has 0 aliphatic carbocycles. The molecule has 82 valence electrons. The maximum absolute atomic E-state index is 12.8. The first kappa shape index (κ1) is 12.3. The summed E-state index contributed by atoms with van der Waals surface area (Å²) < 4.78 is 62.4. The first-order chi connectivity index (χ1) is 5.96. The zero-order valence-corrected chi connectivity index (χ0v) is 9.57. The molecule has 0 spiro atoms. The second-order valence-corrected chi connectivity index (χ2v) is 8.12. The highest BCUT2D eigenvalue weighted by Crippen LogP contribution is 2.79. The van der Waals surface area contributed by atoms with Gasteiger partial charge in [-0.3, -0.25) is 0 Å². The van der Waals surface area contributed by atoms with Crippen molar-refractivity contribution in [3.8, 4) is 0 Å². The number of halogens is 5. The van der Waals surface area contributed by atoms with Crippen molar-refractivity contribution in [2.75, 3.05) is 0 Å². The Morgan fingerprint density at radius 1 is 1.14 bits per heavy atom. The first-order valence-electron chi connectivity index (χ1n) is 3.81. The third kappa shape index (κ3) is 2.09. The largest absolute Gasteiger partial charge is 0.415 e. The molecular formula is C7H9F5P2. The fraction of sp³-hybridized carbons (Fsp3) is 0.857. The summed E-state index contributed by atoms with van der Waals surface area (Å²) >= 11 is 0. The Kier molecular flexibility index (Phi) is 2.74. The second kappa shape index (κ2) is 3.12. The van der Waals surface area contributed by atoms with E-state index in [1.807, 2.05) is 0 Å². The van der Waals surface area contributed by atoms with Crippen LogP contribution in [0.15, 0.2) is 0 Å². The average molecular weight is 250 g/mol. The molecule has 0 radical (unpaired) electrons. The summed E-state index contributed by atoms with van der Waals surface area (Å²) in [6.45, 7) is 4.60. The lowest BCUT2D eigenvalue weighted by Gasteiger charge is -2.41. The maximum Gasteiger partial charge on any atom is 0.415 e. The van der Waals surface area contributed by atoms with Gasteiger partial charge in [0.2, 0.25) is 0 Å². The van der Waals surface area contributed by atoms with Crippen LogP contribution in [0.4, 0.5) is 22.0 Å². The molecule has 0 aromatic carbocycles. The average Bonchev–Trinajstić information content (AvgIpc) is 1.76. The van der Waals surface area contributed by atoms with Crippen molar-refractivity contribution >= 4 is 21.2 Å². The van der Waals surface area contributed by atoms with E-state index < -0.39 is 32.9 Å². The molecule has 1 heterocycles. The third-order valence-electron chi connectivity index (χ3n) is 1.65. The standard InChI is InChI=1S/C7H9F5P2/c1-5(2,3)4-13-7(11,12)14(4)6(8,9)10/h1-3H3. The van der Waals surface area contributed by atoms with Crippen molar-refractivity contribution in [3.63, 3.8) is 0 Å². The molecule has 0 saturated carbocycles. The molecule has 7 heteroatoms. The van der Waals surface area contributed by atoms with Gasteiger partial charge in [-0.05, 0) is 13.6 Å². The van der Waals surface area contributed by atoms with Crippen molar-refractivity contribution < 1.29 is 22.0 Å². The van der Waals surface area contributed by atoms with Gasteiger partial charge in [0, 0.05) is 5.03 Å². The van der Waals surface area contributed by atoms with E-state index in [9.17, 15) is 22.0 Å². The van der Waals surface area contributed by atoms with Crippen LogP contribution in [-0.2, 0) is 0 Å². The van der Waals surface area contributed by atoms with Crippen molar-refractivity contribution in [2.45, 2.75) is 32.1 Å². The molecular weight excluding hydrogens is 241 g/mol. The summed E-state index contributed by atoms with van der Waals surface area (Å²) in [7, 11) is -3.71. The van der Waals surface area contributed by atoms with E-state index >= 15 is 0 Å². The number of rotatable bonds is 0. The molecule has 1 aliphatic heterocycles. The predicted molar refractivity (Wildman–Crippen MR) is 49.3 cm³/mol. The van der Waals surface area contributed by atoms with Crippen LogP contribution in [0.25, 0.3) is 0 Å². The van der Waals surface area contributed by atoms with Crippen LogP contribution in [0.1, 0.15) is 20.8 Å². The van der Waals surface area contributed by atoms with Crippen molar-refractivity contribution in [1.29, 1.82) is 0 Å². The molecule has 1 unspecified atom stereocenters. The Morgan fingerprint density at radius 3 is 1.71 bits per heavy atom. The van der Waals surface area contributed by atoms with Crippen molar-refractivity contribution in [2.24, 2.45) is 5.41 Å². The van der Waals surface area contributed by atoms with Gasteiger partial charge in [-0.1, -0.05) is 20.8 Å². The van der Waals surface area contributed by atoms with Gasteiger partial charge >= 0.3 is 11.3 Å². The van der Waals surface area contributed by atoms with Gasteiger partial charge in [0.05, 0.1) is 0 Å². The molecule has 0 N–H and O–H groups in total. The number of hydrogen-bond acceptors (Lipinski definition) is 0. The Morgan fingerprint density at radius 2 is 1.57 bits per heavy atom. The Hall–Kier alpha value is 0.250. The molecule has 0 saturated heterocycles. The number of hydrogen-bond donors (Lipinski definition) is 0. The predicted octanol–water partition coefficient (Wildman–Crippen LogP) is 4.67. The first-order valence-corrected chi connectivity index (χ1v) is 6.05. The SMILES string of the molecule is CC(C)(C)C1=PC(F)(F)P1C(F)(F)F. The fourth-order valence-electron chi connectivity index (χ4n) is 1.09. The van der Waals surface area contributed by atoms with Crippen LogP contribution in [0.3, 0.4) is 0 Å². The molecule has 0 fully saturated rings. The van der Waals surface area contributed by atoms with E-state index in [1.54, 1.807) is 0 Å². The summed E-state index contributed by atoms with van der Waals surface area (Å²) in [5.41, 5.74) is -0.787. The minimum atomic E-state index is -4.77. The molecule has 1 aliphatic rings. The van der Waals surface area contributed by atoms with Crippen LogP contribution in [0.2, 0.25) is 0 Å². The third-order valence-corrected chi connectivity index (χ3v) is 6.74. The summed E-state index contributed by atoms with van der Waals surface area (Å²) in [6.07, 6.45) is 0. The van der Waals surface area contributed by atoms with Gasteiger partial charge in [-0.25, -0.2) is 0 Å². The molecule has 0 amide bonds. The zero-order chi connectivity index (χ0) is 11.4. The molecule has 1 rings (SSSR count). The van der Waals surface area contributed by atoms with Crippen molar-refractivity contribution in [3.05, 3.63) is 0 Å². The quantitative estimate of drug-likeness (QED) is 0.432. The van der Waals surface area contributed by atoms with E-state index in [1.165, 1.54) is 20.8 Å². The van der Waals surface area contributed by atoms with Crippen molar-refractivity contribution in [1.82, 2.24) is 0 Å². The molecule has 0 bridgehead atoms. The van der Waals surface area contributed by atoms with Gasteiger partial charge in [-0.15, -0.1) is 0 Å². The molecule has 0 aromatic rings. The van der Waals surface area contributed by atoms with E-state index in [0.29, 0.717) is 0 Å². The maximum atomic E-state index is 12.8. The lowest BCUT2D eigenvalue weighted by Crippen LogP contribution is -2.36. The summed E-state index contributed by atoms with van der Waals surface area (Å²) in [6, 6.07) is 0. The fourth-order valence-corrected chi connectivity index (χ4v) is 5.29. The van der Waals surface area contributed by atoms with Crippen LogP contribution < -0.4 is 0 Å². The zero-order valence-electron chi connectivity index (χ0n) is 7.78. The minimum absolute atomic E-state index is 0.0648. The van der Waals surface area contributed by atoms with E-state index in [4.69, 9.17) is 0 Å². The van der Waals surface area contributed by atoms with Crippen LogP contribution in [0, 0.1) is 5.41 Å². The second-order valence-electron chi connectivity index (χ2n) is 4.00. The minimum Gasteiger partial charge on any atom is -0.191 e. The normalized spacial score (nSPS) is 28.0. The Bertz CT molecular complexity index is 273. The van der Waals surface area contributed by atoms with Gasteiger partial charge < -0.3 is 0 Å². The molecule has 0 aromatic heterocycles. The van der Waals surface area contributed by atoms with Gasteiger partial charge in [0.1, 0.15) is 7.92 Å². The van der Waals surface area contributed by atoms with E-state index in [2.05, 4.69) is 0 Å². The summed E-state index contributed by atoms with van der Waals surface area (Å²) in [5, 5.41) is -3.64. The highest BCUT2D eigenvalue weighted by Gasteiger charge is 2.65. The van der Waals surface area contributed by atoms with E-state index in [-0.39, 0.29) is 5.03 Å². The summed E-state index contributed by atoms with van der Waals surface area (Å²) in [5.74, 6) is -4.77. The lowest BCUT2D eigenvalue weighted by atomic mass is 10.0. The van der Waals surface area contributed by atoms with E-state index in [0.717, 1.165) is 0 Å². The van der Waals surface area contributed by atoms with Crippen LogP contribution in [-0.4, -0.2) is 16.4 Å².